The number of hydrogen-bond donors (Lipinski definition) is 1. The molecular formula is C20H20N2O4S. The van der Waals surface area contributed by atoms with Gasteiger partial charge < -0.3 is 10.1 Å². The molecule has 2 amide bonds. The Kier molecular flexibility index (Phi) is 5.87. The van der Waals surface area contributed by atoms with Crippen molar-refractivity contribution in [2.45, 2.75) is 31.2 Å². The summed E-state index contributed by atoms with van der Waals surface area (Å²) < 4.78 is 4.98. The minimum absolute atomic E-state index is 0.144. The normalized spacial score (nSPS) is 21.0. The van der Waals surface area contributed by atoms with Crippen LogP contribution in [0.2, 0.25) is 0 Å². The minimum atomic E-state index is -0.623. The Morgan fingerprint density at radius 1 is 1.37 bits per heavy atom. The number of ether oxygens (including phenoxy) is 1. The maximum Gasteiger partial charge on any atom is 0.356 e. The highest BCUT2D eigenvalue weighted by molar-refractivity contribution is 8.00. The summed E-state index contributed by atoms with van der Waals surface area (Å²) in [5.41, 5.74) is 2.08. The molecule has 0 unspecified atom stereocenters. The minimum Gasteiger partial charge on any atom is -0.448 e. The summed E-state index contributed by atoms with van der Waals surface area (Å²) >= 11 is 1.52. The van der Waals surface area contributed by atoms with Crippen LogP contribution >= 0.6 is 11.8 Å². The zero-order valence-electron chi connectivity index (χ0n) is 14.9. The van der Waals surface area contributed by atoms with E-state index >= 15 is 0 Å². The third kappa shape index (κ3) is 4.01. The molecule has 3 rings (SSSR count). The Morgan fingerprint density at radius 2 is 2.11 bits per heavy atom. The van der Waals surface area contributed by atoms with E-state index in [1.165, 1.54) is 16.7 Å². The fourth-order valence-electron chi connectivity index (χ4n) is 3.09. The highest BCUT2D eigenvalue weighted by atomic mass is 32.2. The van der Waals surface area contributed by atoms with E-state index in [1.807, 2.05) is 30.3 Å². The van der Waals surface area contributed by atoms with E-state index in [1.54, 1.807) is 6.92 Å². The van der Waals surface area contributed by atoms with Crippen LogP contribution in [0, 0.1) is 12.3 Å². The van der Waals surface area contributed by atoms with E-state index in [4.69, 9.17) is 11.2 Å². The molecule has 0 saturated carbocycles. The van der Waals surface area contributed by atoms with Gasteiger partial charge in [0.15, 0.2) is 6.61 Å². The van der Waals surface area contributed by atoms with Gasteiger partial charge in [0.1, 0.15) is 17.1 Å². The summed E-state index contributed by atoms with van der Waals surface area (Å²) in [4.78, 5) is 38.4. The summed E-state index contributed by atoms with van der Waals surface area (Å²) in [6, 6.07) is 9.07. The molecule has 6 nitrogen and oxygen atoms in total. The van der Waals surface area contributed by atoms with E-state index in [9.17, 15) is 14.4 Å². The fourth-order valence-corrected chi connectivity index (χ4v) is 4.38. The number of thioether (sulfide) groups is 1. The lowest BCUT2D eigenvalue weighted by Crippen LogP contribution is -2.70. The standard InChI is InChI=1S/C20H20N2O4S/c1-3-11-26-20(25)17-13(2)12-27-19-16(18(24)22(17)19)21-15(23)10-9-14-7-5-4-6-8-14/h1,4-8,16,19H,9-12H2,2H3,(H,21,23)/t16-,19-/m1/s1. The SMILES string of the molecule is C#CCOC(=O)C1=C(C)CS[C@@H]2[C@H](NC(=O)CCc3ccccc3)C(=O)N12. The van der Waals surface area contributed by atoms with Gasteiger partial charge in [-0.1, -0.05) is 36.3 Å². The van der Waals surface area contributed by atoms with Crippen LogP contribution in [-0.2, 0) is 25.5 Å². The summed E-state index contributed by atoms with van der Waals surface area (Å²) in [7, 11) is 0. The summed E-state index contributed by atoms with van der Waals surface area (Å²) in [5, 5.41) is 2.50. The third-order valence-electron chi connectivity index (χ3n) is 4.44. The highest BCUT2D eigenvalue weighted by Gasteiger charge is 2.53. The monoisotopic (exact) mass is 384 g/mol. The molecule has 7 heteroatoms. The average molecular weight is 384 g/mol. The van der Waals surface area contributed by atoms with E-state index in [-0.39, 0.29) is 29.5 Å². The van der Waals surface area contributed by atoms with Crippen LogP contribution in [0.5, 0.6) is 0 Å². The highest BCUT2D eigenvalue weighted by Crippen LogP contribution is 2.40. The van der Waals surface area contributed by atoms with Gasteiger partial charge in [-0.2, -0.15) is 0 Å². The van der Waals surface area contributed by atoms with Crippen molar-refractivity contribution in [3.05, 3.63) is 47.2 Å². The first-order valence-electron chi connectivity index (χ1n) is 8.61. The molecule has 2 aliphatic heterocycles. The van der Waals surface area contributed by atoms with Crippen molar-refractivity contribution in [1.82, 2.24) is 10.2 Å². The number of terminal acetylenes is 1. The van der Waals surface area contributed by atoms with Crippen LogP contribution in [0.4, 0.5) is 0 Å². The lowest BCUT2D eigenvalue weighted by atomic mass is 10.0. The first-order valence-corrected chi connectivity index (χ1v) is 9.66. The zero-order chi connectivity index (χ0) is 19.4. The van der Waals surface area contributed by atoms with Gasteiger partial charge in [-0.15, -0.1) is 18.2 Å². The van der Waals surface area contributed by atoms with Gasteiger partial charge in [-0.25, -0.2) is 4.79 Å². The van der Waals surface area contributed by atoms with Crippen LogP contribution in [0.1, 0.15) is 18.9 Å². The van der Waals surface area contributed by atoms with Crippen molar-refractivity contribution in [3.63, 3.8) is 0 Å². The van der Waals surface area contributed by atoms with Gasteiger partial charge in [0, 0.05) is 12.2 Å². The molecule has 1 aromatic carbocycles. The summed E-state index contributed by atoms with van der Waals surface area (Å²) in [5.74, 6) is 1.75. The quantitative estimate of drug-likeness (QED) is 0.457. The van der Waals surface area contributed by atoms with Crippen LogP contribution in [0.25, 0.3) is 0 Å². The number of benzene rings is 1. The Balaban J connectivity index is 1.59. The number of nitrogens with zero attached hydrogens (tertiary/aromatic N) is 1. The van der Waals surface area contributed by atoms with Crippen molar-refractivity contribution in [1.29, 1.82) is 0 Å². The number of aryl methyl sites for hydroxylation is 1. The molecule has 140 valence electrons. The van der Waals surface area contributed by atoms with E-state index in [2.05, 4.69) is 11.2 Å². The molecule has 0 spiro atoms. The number of rotatable bonds is 6. The first kappa shape index (κ1) is 19.1. The molecule has 1 N–H and O–H groups in total. The van der Waals surface area contributed by atoms with E-state index in [0.717, 1.165) is 11.1 Å². The second kappa shape index (κ2) is 8.31. The molecule has 2 atom stereocenters. The molecule has 2 heterocycles. The van der Waals surface area contributed by atoms with Gasteiger partial charge >= 0.3 is 5.97 Å². The molecule has 0 aromatic heterocycles. The Labute approximate surface area is 162 Å². The second-order valence-corrected chi connectivity index (χ2v) is 7.45. The molecule has 0 radical (unpaired) electrons. The number of carbonyl (C=O) groups is 3. The molecule has 1 saturated heterocycles. The topological polar surface area (TPSA) is 75.7 Å². The molecule has 0 aliphatic carbocycles. The third-order valence-corrected chi connectivity index (χ3v) is 5.86. The summed E-state index contributed by atoms with van der Waals surface area (Å²) in [6.07, 6.45) is 6.03. The van der Waals surface area contributed by atoms with Crippen LogP contribution in [0.3, 0.4) is 0 Å². The van der Waals surface area contributed by atoms with Crippen molar-refractivity contribution in [2.75, 3.05) is 12.4 Å². The smallest absolute Gasteiger partial charge is 0.356 e. The Hall–Kier alpha value is -2.72. The van der Waals surface area contributed by atoms with Gasteiger partial charge in [0.25, 0.3) is 5.91 Å². The van der Waals surface area contributed by atoms with Crippen molar-refractivity contribution in [2.24, 2.45) is 0 Å². The van der Waals surface area contributed by atoms with E-state index in [0.29, 0.717) is 18.6 Å². The van der Waals surface area contributed by atoms with E-state index < -0.39 is 12.0 Å². The lowest BCUT2D eigenvalue weighted by Gasteiger charge is -2.49. The molecule has 0 bridgehead atoms. The molecule has 2 aliphatic rings. The van der Waals surface area contributed by atoms with Crippen LogP contribution in [-0.4, -0.2) is 46.5 Å². The molecular weight excluding hydrogens is 364 g/mol. The number of β-lactam (4-membered cyclic amide) rings is 1. The Bertz CT molecular complexity index is 828. The number of carbonyl (C=O) groups excluding carboxylic acids is 3. The van der Waals surface area contributed by atoms with Crippen LogP contribution < -0.4 is 5.32 Å². The molecule has 1 aromatic rings. The van der Waals surface area contributed by atoms with Gasteiger partial charge in [0.05, 0.1) is 0 Å². The fraction of sp³-hybridized carbons (Fsp3) is 0.350. The first-order chi connectivity index (χ1) is 13.0. The van der Waals surface area contributed by atoms with Crippen LogP contribution in [0.15, 0.2) is 41.6 Å². The number of esters is 1. The molecule has 27 heavy (non-hydrogen) atoms. The van der Waals surface area contributed by atoms with Gasteiger partial charge in [-0.05, 0) is 24.5 Å². The number of fused-ring (bicyclic) bond motifs is 1. The van der Waals surface area contributed by atoms with Gasteiger partial charge in [0.2, 0.25) is 5.91 Å². The predicted octanol–water partition coefficient (Wildman–Crippen LogP) is 1.47. The largest absolute Gasteiger partial charge is 0.448 e. The van der Waals surface area contributed by atoms with Crippen molar-refractivity contribution in [3.8, 4) is 12.3 Å². The number of nitrogens with one attached hydrogen (secondary N) is 1. The maximum absolute atomic E-state index is 12.6. The van der Waals surface area contributed by atoms with Crippen molar-refractivity contribution >= 4 is 29.5 Å². The Morgan fingerprint density at radius 3 is 2.81 bits per heavy atom. The summed E-state index contributed by atoms with van der Waals surface area (Å²) in [6.45, 7) is 1.64. The zero-order valence-corrected chi connectivity index (χ0v) is 15.8. The molecule has 1 fully saturated rings. The maximum atomic E-state index is 12.6. The number of amides is 2. The lowest BCUT2D eigenvalue weighted by molar-refractivity contribution is -0.152. The predicted molar refractivity (Wildman–Crippen MR) is 102 cm³/mol. The van der Waals surface area contributed by atoms with Gasteiger partial charge in [-0.3, -0.25) is 14.5 Å². The second-order valence-electron chi connectivity index (χ2n) is 6.35. The number of hydrogen-bond acceptors (Lipinski definition) is 5. The van der Waals surface area contributed by atoms with Crippen molar-refractivity contribution < 1.29 is 19.1 Å². The average Bonchev–Trinajstić information content (AvgIpc) is 2.69.